The highest BCUT2D eigenvalue weighted by Crippen LogP contribution is 2.03. The van der Waals surface area contributed by atoms with Gasteiger partial charge in [0.25, 0.3) is 0 Å². The molecule has 4 nitrogen and oxygen atoms in total. The summed E-state index contributed by atoms with van der Waals surface area (Å²) in [5.74, 6) is 0.834. The molecule has 124 valence electrons. The van der Waals surface area contributed by atoms with Crippen molar-refractivity contribution in [1.29, 1.82) is 0 Å². The summed E-state index contributed by atoms with van der Waals surface area (Å²) in [7, 11) is 0. The zero-order valence-corrected chi connectivity index (χ0v) is 16.1. The van der Waals surface area contributed by atoms with Gasteiger partial charge in [-0.05, 0) is 38.0 Å². The quantitative estimate of drug-likeness (QED) is 0.425. The molecule has 1 aromatic carbocycles. The van der Waals surface area contributed by atoms with Gasteiger partial charge in [0, 0.05) is 19.3 Å². The predicted octanol–water partition coefficient (Wildman–Crippen LogP) is 3.31. The summed E-state index contributed by atoms with van der Waals surface area (Å²) in [5.41, 5.74) is 3.60. The lowest BCUT2D eigenvalue weighted by Crippen LogP contribution is -2.38. The topological polar surface area (TPSA) is 49.3 Å². The third-order valence-corrected chi connectivity index (χ3v) is 3.30. The maximum atomic E-state index is 4.56. The molecule has 5 heteroatoms. The second-order valence-electron chi connectivity index (χ2n) is 5.18. The Labute approximate surface area is 155 Å². The fraction of sp³-hybridized carbons (Fsp3) is 0.333. The van der Waals surface area contributed by atoms with Gasteiger partial charge in [-0.1, -0.05) is 35.9 Å². The molecule has 2 rings (SSSR count). The number of nitrogens with zero attached hydrogens (tertiary/aromatic N) is 2. The predicted molar refractivity (Wildman–Crippen MR) is 107 cm³/mol. The fourth-order valence-electron chi connectivity index (χ4n) is 2.07. The molecule has 0 spiro atoms. The smallest absolute Gasteiger partial charge is 0.191 e. The first-order valence-electron chi connectivity index (χ1n) is 7.75. The zero-order chi connectivity index (χ0) is 15.6. The van der Waals surface area contributed by atoms with Crippen LogP contribution in [-0.2, 0) is 13.0 Å². The van der Waals surface area contributed by atoms with E-state index < -0.39 is 0 Å². The average Bonchev–Trinajstić information content (AvgIpc) is 2.55. The lowest BCUT2D eigenvalue weighted by molar-refractivity contribution is 0.796. The molecule has 1 aromatic heterocycles. The second-order valence-corrected chi connectivity index (χ2v) is 5.18. The summed E-state index contributed by atoms with van der Waals surface area (Å²) in [5, 5.41) is 6.62. The molecule has 0 radical (unpaired) electrons. The van der Waals surface area contributed by atoms with Crippen LogP contribution < -0.4 is 10.6 Å². The first-order valence-corrected chi connectivity index (χ1v) is 7.75. The number of pyridine rings is 1. The first kappa shape index (κ1) is 19.4. The number of hydrogen-bond donors (Lipinski definition) is 2. The summed E-state index contributed by atoms with van der Waals surface area (Å²) in [4.78, 5) is 8.85. The van der Waals surface area contributed by atoms with Gasteiger partial charge in [-0.25, -0.2) is 4.99 Å². The summed E-state index contributed by atoms with van der Waals surface area (Å²) >= 11 is 0. The number of hydrogen-bond acceptors (Lipinski definition) is 2. The van der Waals surface area contributed by atoms with Gasteiger partial charge in [0.1, 0.15) is 0 Å². The van der Waals surface area contributed by atoms with Crippen LogP contribution in [0.5, 0.6) is 0 Å². The molecular weight excluding hydrogens is 399 g/mol. The molecule has 0 aliphatic rings. The van der Waals surface area contributed by atoms with Gasteiger partial charge in [0.2, 0.25) is 0 Å². The van der Waals surface area contributed by atoms with Crippen molar-refractivity contribution in [3.63, 3.8) is 0 Å². The molecule has 0 saturated carbocycles. The minimum atomic E-state index is 0. The molecule has 2 N–H and O–H groups in total. The van der Waals surface area contributed by atoms with Crippen molar-refractivity contribution in [1.82, 2.24) is 15.6 Å². The largest absolute Gasteiger partial charge is 0.357 e. The Morgan fingerprint density at radius 1 is 1.09 bits per heavy atom. The van der Waals surface area contributed by atoms with Gasteiger partial charge >= 0.3 is 0 Å². The number of aromatic nitrogens is 1. The Morgan fingerprint density at radius 2 is 1.87 bits per heavy atom. The highest BCUT2D eigenvalue weighted by atomic mass is 127. The minimum Gasteiger partial charge on any atom is -0.357 e. The highest BCUT2D eigenvalue weighted by Gasteiger charge is 1.98. The lowest BCUT2D eigenvalue weighted by atomic mass is 10.1. The molecule has 0 unspecified atom stereocenters. The van der Waals surface area contributed by atoms with Crippen LogP contribution in [0.3, 0.4) is 0 Å². The van der Waals surface area contributed by atoms with Gasteiger partial charge in [-0.15, -0.1) is 24.0 Å². The average molecular weight is 424 g/mol. The molecule has 0 bridgehead atoms. The maximum Gasteiger partial charge on any atom is 0.191 e. The van der Waals surface area contributed by atoms with Crippen LogP contribution in [0.1, 0.15) is 23.7 Å². The van der Waals surface area contributed by atoms with E-state index in [0.29, 0.717) is 6.54 Å². The summed E-state index contributed by atoms with van der Waals surface area (Å²) in [6, 6.07) is 14.5. The van der Waals surface area contributed by atoms with Crippen molar-refractivity contribution in [3.8, 4) is 0 Å². The standard InChI is InChI=1S/C18H24N4.HI/c1-3-19-18(22-14-17-6-4-5-12-20-17)21-13-11-16-9-7-15(2)8-10-16;/h4-10,12H,3,11,13-14H2,1-2H3,(H2,19,21,22);1H. The Kier molecular flexibility index (Phi) is 9.28. The van der Waals surface area contributed by atoms with Crippen LogP contribution in [0.25, 0.3) is 0 Å². The maximum absolute atomic E-state index is 4.56. The van der Waals surface area contributed by atoms with E-state index in [1.807, 2.05) is 18.2 Å². The number of halogens is 1. The van der Waals surface area contributed by atoms with Crippen LogP contribution in [-0.4, -0.2) is 24.0 Å². The molecule has 0 fully saturated rings. The number of aliphatic imine (C=N–C) groups is 1. The first-order chi connectivity index (χ1) is 10.8. The third-order valence-electron chi connectivity index (χ3n) is 3.30. The number of rotatable bonds is 6. The SMILES string of the molecule is CCNC(=NCc1ccccn1)NCCc1ccc(C)cc1.I. The Morgan fingerprint density at radius 3 is 2.52 bits per heavy atom. The van der Waals surface area contributed by atoms with Crippen molar-refractivity contribution in [2.75, 3.05) is 13.1 Å². The van der Waals surface area contributed by atoms with Crippen LogP contribution in [0.2, 0.25) is 0 Å². The van der Waals surface area contributed by atoms with Crippen molar-refractivity contribution in [2.24, 2.45) is 4.99 Å². The molecule has 23 heavy (non-hydrogen) atoms. The monoisotopic (exact) mass is 424 g/mol. The van der Waals surface area contributed by atoms with Gasteiger partial charge in [-0.2, -0.15) is 0 Å². The summed E-state index contributed by atoms with van der Waals surface area (Å²) in [6.45, 7) is 6.46. The summed E-state index contributed by atoms with van der Waals surface area (Å²) in [6.07, 6.45) is 2.77. The van der Waals surface area contributed by atoms with Gasteiger partial charge in [0.15, 0.2) is 5.96 Å². The number of guanidine groups is 1. The Hall–Kier alpha value is -1.63. The van der Waals surface area contributed by atoms with E-state index in [1.54, 1.807) is 6.20 Å². The van der Waals surface area contributed by atoms with Crippen LogP contribution in [0, 0.1) is 6.92 Å². The van der Waals surface area contributed by atoms with E-state index in [9.17, 15) is 0 Å². The van der Waals surface area contributed by atoms with E-state index in [4.69, 9.17) is 0 Å². The number of benzene rings is 1. The van der Waals surface area contributed by atoms with E-state index in [-0.39, 0.29) is 24.0 Å². The molecule has 1 heterocycles. The molecule has 0 atom stereocenters. The van der Waals surface area contributed by atoms with E-state index in [0.717, 1.165) is 31.2 Å². The molecule has 0 aliphatic heterocycles. The molecule has 0 aliphatic carbocycles. The van der Waals surface area contributed by atoms with Crippen LogP contribution >= 0.6 is 24.0 Å². The molecular formula is C18H25IN4. The fourth-order valence-corrected chi connectivity index (χ4v) is 2.07. The normalized spacial score (nSPS) is 10.8. The van der Waals surface area contributed by atoms with Crippen LogP contribution in [0.4, 0.5) is 0 Å². The third kappa shape index (κ3) is 7.45. The Bertz CT molecular complexity index is 582. The van der Waals surface area contributed by atoms with Crippen LogP contribution in [0.15, 0.2) is 53.7 Å². The van der Waals surface area contributed by atoms with Crippen molar-refractivity contribution >= 4 is 29.9 Å². The number of nitrogens with one attached hydrogen (secondary N) is 2. The molecule has 2 aromatic rings. The Balaban J connectivity index is 0.00000264. The van der Waals surface area contributed by atoms with Crippen molar-refractivity contribution in [2.45, 2.75) is 26.8 Å². The van der Waals surface area contributed by atoms with Crippen molar-refractivity contribution in [3.05, 3.63) is 65.5 Å². The molecule has 0 saturated heterocycles. The van der Waals surface area contributed by atoms with E-state index >= 15 is 0 Å². The van der Waals surface area contributed by atoms with E-state index in [2.05, 4.69) is 58.7 Å². The lowest BCUT2D eigenvalue weighted by Gasteiger charge is -2.11. The van der Waals surface area contributed by atoms with E-state index in [1.165, 1.54) is 11.1 Å². The van der Waals surface area contributed by atoms with Gasteiger partial charge in [-0.3, -0.25) is 4.98 Å². The second kappa shape index (κ2) is 11.0. The minimum absolute atomic E-state index is 0. The van der Waals surface area contributed by atoms with Crippen molar-refractivity contribution < 1.29 is 0 Å². The zero-order valence-electron chi connectivity index (χ0n) is 13.7. The summed E-state index contributed by atoms with van der Waals surface area (Å²) < 4.78 is 0. The van der Waals surface area contributed by atoms with Gasteiger partial charge in [0.05, 0.1) is 12.2 Å². The molecule has 0 amide bonds. The number of aryl methyl sites for hydroxylation is 1. The highest BCUT2D eigenvalue weighted by molar-refractivity contribution is 14.0. The van der Waals surface area contributed by atoms with Gasteiger partial charge < -0.3 is 10.6 Å².